The highest BCUT2D eigenvalue weighted by molar-refractivity contribution is 5.96. The molecule has 12 heteroatoms. The number of nitrogens with one attached hydrogen (secondary N) is 1. The predicted molar refractivity (Wildman–Crippen MR) is 118 cm³/mol. The summed E-state index contributed by atoms with van der Waals surface area (Å²) in [5, 5.41) is 10.6. The van der Waals surface area contributed by atoms with Crippen LogP contribution in [0.25, 0.3) is 0 Å². The van der Waals surface area contributed by atoms with Gasteiger partial charge in [-0.15, -0.1) is 10.2 Å². The van der Waals surface area contributed by atoms with Crippen molar-refractivity contribution in [1.82, 2.24) is 20.4 Å². The molecule has 188 valence electrons. The Hall–Kier alpha value is -3.44. The summed E-state index contributed by atoms with van der Waals surface area (Å²) in [6.45, 7) is 1.64. The number of carbonyl (C=O) groups excluding carboxylic acids is 2. The Balaban J connectivity index is 1.34. The molecule has 35 heavy (non-hydrogen) atoms. The molecular formula is C23H25F4N5O3. The van der Waals surface area contributed by atoms with E-state index in [1.165, 1.54) is 23.8 Å². The van der Waals surface area contributed by atoms with Crippen molar-refractivity contribution in [2.75, 3.05) is 37.6 Å². The standard InChI is InChI=1S/C23H25F4N5O3/c24-16-4-5-18(23(25,26)27)17(14-16)21(33)32-11-1-10-31(12-13-32)19-6-7-20(30-29-19)35-22(34)28-9-8-15-2-3-15/h4-7,14-15H,1-3,8-13H2,(H,28,34). The maximum Gasteiger partial charge on any atom is 0.417 e. The van der Waals surface area contributed by atoms with Crippen molar-refractivity contribution in [3.63, 3.8) is 0 Å². The first-order chi connectivity index (χ1) is 16.7. The maximum absolute atomic E-state index is 13.6. The number of nitrogens with zero attached hydrogens (tertiary/aromatic N) is 4. The number of amides is 2. The molecule has 1 aliphatic heterocycles. The van der Waals surface area contributed by atoms with Crippen LogP contribution in [-0.4, -0.2) is 59.8 Å². The van der Waals surface area contributed by atoms with Crippen LogP contribution in [0, 0.1) is 11.7 Å². The molecule has 1 saturated heterocycles. The van der Waals surface area contributed by atoms with Gasteiger partial charge < -0.3 is 19.9 Å². The van der Waals surface area contributed by atoms with Crippen LogP contribution in [-0.2, 0) is 6.18 Å². The summed E-state index contributed by atoms with van der Waals surface area (Å²) in [4.78, 5) is 27.8. The number of rotatable bonds is 6. The number of anilines is 1. The molecule has 2 aromatic rings. The number of benzene rings is 1. The second-order valence-corrected chi connectivity index (χ2v) is 8.60. The zero-order valence-corrected chi connectivity index (χ0v) is 18.9. The van der Waals surface area contributed by atoms with Gasteiger partial charge in [-0.1, -0.05) is 12.8 Å². The maximum atomic E-state index is 13.6. The quantitative estimate of drug-likeness (QED) is 0.613. The van der Waals surface area contributed by atoms with Gasteiger partial charge in [0.2, 0.25) is 5.88 Å². The van der Waals surface area contributed by atoms with Crippen LogP contribution in [0.5, 0.6) is 5.88 Å². The first-order valence-electron chi connectivity index (χ1n) is 11.4. The molecule has 0 unspecified atom stereocenters. The third kappa shape index (κ3) is 6.58. The van der Waals surface area contributed by atoms with Crippen molar-refractivity contribution in [2.24, 2.45) is 5.92 Å². The summed E-state index contributed by atoms with van der Waals surface area (Å²) >= 11 is 0. The van der Waals surface area contributed by atoms with Crippen LogP contribution < -0.4 is 15.0 Å². The first-order valence-corrected chi connectivity index (χ1v) is 11.4. The summed E-state index contributed by atoms with van der Waals surface area (Å²) in [6.07, 6.45) is -1.59. The average molecular weight is 495 g/mol. The summed E-state index contributed by atoms with van der Waals surface area (Å²) < 4.78 is 58.7. The Kier molecular flexibility index (Phi) is 7.37. The molecule has 2 amide bonds. The van der Waals surface area contributed by atoms with Crippen molar-refractivity contribution in [3.05, 3.63) is 47.3 Å². The van der Waals surface area contributed by atoms with E-state index in [1.54, 1.807) is 6.07 Å². The van der Waals surface area contributed by atoms with E-state index in [1.807, 2.05) is 4.90 Å². The van der Waals surface area contributed by atoms with Gasteiger partial charge in [0.15, 0.2) is 5.82 Å². The fourth-order valence-electron chi connectivity index (χ4n) is 3.91. The van der Waals surface area contributed by atoms with Gasteiger partial charge in [-0.2, -0.15) is 13.2 Å². The van der Waals surface area contributed by atoms with Crippen LogP contribution in [0.3, 0.4) is 0 Å². The molecule has 2 heterocycles. The lowest BCUT2D eigenvalue weighted by atomic mass is 10.1. The highest BCUT2D eigenvalue weighted by Crippen LogP contribution is 2.33. The lowest BCUT2D eigenvalue weighted by molar-refractivity contribution is -0.138. The van der Waals surface area contributed by atoms with Crippen molar-refractivity contribution < 1.29 is 31.9 Å². The number of ether oxygens (including phenoxy) is 1. The molecule has 1 aromatic heterocycles. The van der Waals surface area contributed by atoms with E-state index in [0.717, 1.165) is 6.42 Å². The molecule has 2 aliphatic rings. The van der Waals surface area contributed by atoms with Crippen molar-refractivity contribution >= 4 is 17.8 Å². The van der Waals surface area contributed by atoms with Gasteiger partial charge in [0.25, 0.3) is 5.91 Å². The topological polar surface area (TPSA) is 87.7 Å². The zero-order chi connectivity index (χ0) is 25.0. The van der Waals surface area contributed by atoms with Gasteiger partial charge in [0.1, 0.15) is 5.82 Å². The number of aromatic nitrogens is 2. The van der Waals surface area contributed by atoms with E-state index in [-0.39, 0.29) is 19.0 Å². The van der Waals surface area contributed by atoms with Gasteiger partial charge in [0, 0.05) is 38.8 Å². The first kappa shape index (κ1) is 24.7. The lowest BCUT2D eigenvalue weighted by Gasteiger charge is -2.23. The predicted octanol–water partition coefficient (Wildman–Crippen LogP) is 3.88. The smallest absolute Gasteiger partial charge is 0.390 e. The second-order valence-electron chi connectivity index (χ2n) is 8.60. The van der Waals surface area contributed by atoms with Crippen molar-refractivity contribution in [2.45, 2.75) is 31.9 Å². The van der Waals surface area contributed by atoms with Crippen molar-refractivity contribution in [3.8, 4) is 5.88 Å². The molecule has 0 radical (unpaired) electrons. The third-order valence-corrected chi connectivity index (χ3v) is 5.97. The van der Waals surface area contributed by atoms with Crippen LogP contribution >= 0.6 is 0 Å². The molecule has 8 nitrogen and oxygen atoms in total. The zero-order valence-electron chi connectivity index (χ0n) is 18.9. The molecule has 1 saturated carbocycles. The molecule has 0 spiro atoms. The Morgan fingerprint density at radius 1 is 1.06 bits per heavy atom. The Morgan fingerprint density at radius 2 is 1.86 bits per heavy atom. The molecular weight excluding hydrogens is 470 g/mol. The Bertz CT molecular complexity index is 1060. The molecule has 1 aliphatic carbocycles. The monoisotopic (exact) mass is 495 g/mol. The van der Waals surface area contributed by atoms with E-state index in [2.05, 4.69) is 15.5 Å². The Labute approximate surface area is 199 Å². The van der Waals surface area contributed by atoms with Crippen LogP contribution in [0.15, 0.2) is 30.3 Å². The Morgan fingerprint density at radius 3 is 2.54 bits per heavy atom. The van der Waals surface area contributed by atoms with E-state index in [9.17, 15) is 27.2 Å². The summed E-state index contributed by atoms with van der Waals surface area (Å²) in [7, 11) is 0. The van der Waals surface area contributed by atoms with E-state index < -0.39 is 35.1 Å². The average Bonchev–Trinajstić information content (AvgIpc) is 3.65. The third-order valence-electron chi connectivity index (χ3n) is 5.97. The van der Waals surface area contributed by atoms with E-state index in [0.29, 0.717) is 56.0 Å². The van der Waals surface area contributed by atoms with Crippen molar-refractivity contribution in [1.29, 1.82) is 0 Å². The van der Waals surface area contributed by atoms with Gasteiger partial charge in [-0.3, -0.25) is 4.79 Å². The van der Waals surface area contributed by atoms with Crippen LogP contribution in [0.4, 0.5) is 28.2 Å². The number of hydrogen-bond acceptors (Lipinski definition) is 6. The summed E-state index contributed by atoms with van der Waals surface area (Å²) in [6, 6.07) is 5.01. The van der Waals surface area contributed by atoms with Gasteiger partial charge in [-0.05, 0) is 43.0 Å². The highest BCUT2D eigenvalue weighted by Gasteiger charge is 2.36. The molecule has 4 rings (SSSR count). The lowest BCUT2D eigenvalue weighted by Crippen LogP contribution is -2.36. The van der Waals surface area contributed by atoms with Crippen LogP contribution in [0.1, 0.15) is 41.6 Å². The molecule has 1 aromatic carbocycles. The van der Waals surface area contributed by atoms with E-state index >= 15 is 0 Å². The van der Waals surface area contributed by atoms with Gasteiger partial charge in [0.05, 0.1) is 11.1 Å². The van der Waals surface area contributed by atoms with Crippen LogP contribution in [0.2, 0.25) is 0 Å². The summed E-state index contributed by atoms with van der Waals surface area (Å²) in [5.41, 5.74) is -1.87. The number of alkyl halides is 3. The fourth-order valence-corrected chi connectivity index (χ4v) is 3.91. The normalized spacial score (nSPS) is 16.6. The molecule has 1 N–H and O–H groups in total. The number of hydrogen-bond donors (Lipinski definition) is 1. The van der Waals surface area contributed by atoms with E-state index in [4.69, 9.17) is 4.74 Å². The molecule has 0 atom stereocenters. The SMILES string of the molecule is O=C(NCCC1CC1)Oc1ccc(N2CCCN(C(=O)c3cc(F)ccc3C(F)(F)F)CC2)nn1. The second kappa shape index (κ2) is 10.4. The largest absolute Gasteiger partial charge is 0.417 e. The minimum Gasteiger partial charge on any atom is -0.390 e. The molecule has 0 bridgehead atoms. The summed E-state index contributed by atoms with van der Waals surface area (Å²) in [5.74, 6) is -0.583. The fraction of sp³-hybridized carbons (Fsp3) is 0.478. The number of halogens is 4. The van der Waals surface area contributed by atoms with Gasteiger partial charge >= 0.3 is 12.3 Å². The van der Waals surface area contributed by atoms with Gasteiger partial charge in [-0.25, -0.2) is 9.18 Å². The minimum absolute atomic E-state index is 0.0371. The molecule has 2 fully saturated rings. The number of carbonyl (C=O) groups is 2. The highest BCUT2D eigenvalue weighted by atomic mass is 19.4. The minimum atomic E-state index is -4.77.